The Balaban J connectivity index is 2.54. The van der Waals surface area contributed by atoms with Gasteiger partial charge in [0, 0.05) is 46.9 Å². The van der Waals surface area contributed by atoms with Crippen LogP contribution in [0, 0.1) is 6.92 Å². The average molecular weight is 212 g/mol. The van der Waals surface area contributed by atoms with Gasteiger partial charge in [0.25, 0.3) is 0 Å². The van der Waals surface area contributed by atoms with Crippen molar-refractivity contribution in [2.45, 2.75) is 19.1 Å². The van der Waals surface area contributed by atoms with E-state index < -0.39 is 10.8 Å². The molecule has 1 aromatic heterocycles. The molecule has 2 unspecified atom stereocenters. The number of nitrogens with one attached hydrogen (secondary N) is 1. The van der Waals surface area contributed by atoms with Gasteiger partial charge in [-0.2, -0.15) is 0 Å². The summed E-state index contributed by atoms with van der Waals surface area (Å²) in [6.45, 7) is 4.70. The lowest BCUT2D eigenvalue weighted by molar-refractivity contribution is 0.679. The molecule has 0 bridgehead atoms. The van der Waals surface area contributed by atoms with E-state index in [0.717, 1.165) is 17.8 Å². The van der Waals surface area contributed by atoms with Crippen molar-refractivity contribution in [3.05, 3.63) is 24.0 Å². The molecule has 1 N–H and O–H groups in total. The van der Waals surface area contributed by atoms with Gasteiger partial charge in [-0.15, -0.1) is 0 Å². The fourth-order valence-corrected chi connectivity index (χ4v) is 1.36. The van der Waals surface area contributed by atoms with Crippen LogP contribution >= 0.6 is 0 Å². The zero-order valence-corrected chi connectivity index (χ0v) is 9.60. The minimum atomic E-state index is -0.769. The Morgan fingerprint density at radius 2 is 2.36 bits per heavy atom. The molecule has 14 heavy (non-hydrogen) atoms. The highest BCUT2D eigenvalue weighted by Gasteiger charge is 2.05. The molecule has 1 heterocycles. The number of rotatable bonds is 4. The van der Waals surface area contributed by atoms with Crippen molar-refractivity contribution in [1.82, 2.24) is 4.98 Å². The second-order valence-electron chi connectivity index (χ2n) is 3.38. The molecule has 78 valence electrons. The van der Waals surface area contributed by atoms with E-state index in [1.807, 2.05) is 26.1 Å². The summed E-state index contributed by atoms with van der Waals surface area (Å²) in [6.07, 6.45) is 5.30. The van der Waals surface area contributed by atoms with Crippen molar-refractivity contribution in [2.24, 2.45) is 0 Å². The minimum absolute atomic E-state index is 0.169. The summed E-state index contributed by atoms with van der Waals surface area (Å²) in [4.78, 5) is 4.01. The predicted molar refractivity (Wildman–Crippen MR) is 61.0 cm³/mol. The van der Waals surface area contributed by atoms with Gasteiger partial charge in [0.15, 0.2) is 0 Å². The summed E-state index contributed by atoms with van der Waals surface area (Å²) in [5.74, 6) is 0. The van der Waals surface area contributed by atoms with Gasteiger partial charge >= 0.3 is 0 Å². The molecule has 0 saturated heterocycles. The standard InChI is InChI=1S/C10H16N2OS/c1-8-6-11-5-4-10(8)12-7-9(2)14(3)13/h4-6,9H,7H2,1-3H3,(H,11,12). The van der Waals surface area contributed by atoms with Gasteiger partial charge in [-0.05, 0) is 25.5 Å². The number of aryl methyl sites for hydroxylation is 1. The Morgan fingerprint density at radius 3 is 2.93 bits per heavy atom. The third-order valence-corrected chi connectivity index (χ3v) is 3.47. The lowest BCUT2D eigenvalue weighted by atomic mass is 10.2. The Hall–Kier alpha value is -0.900. The molecular weight excluding hydrogens is 196 g/mol. The molecule has 3 nitrogen and oxygen atoms in total. The van der Waals surface area contributed by atoms with Crippen molar-refractivity contribution in [1.29, 1.82) is 0 Å². The normalized spacial score (nSPS) is 14.8. The average Bonchev–Trinajstić information content (AvgIpc) is 2.16. The molecule has 2 atom stereocenters. The number of hydrogen-bond donors (Lipinski definition) is 1. The Kier molecular flexibility index (Phi) is 4.07. The van der Waals surface area contributed by atoms with Crippen LogP contribution in [-0.2, 0) is 10.8 Å². The number of hydrogen-bond acceptors (Lipinski definition) is 3. The fraction of sp³-hybridized carbons (Fsp3) is 0.500. The molecule has 0 aliphatic rings. The number of nitrogens with zero attached hydrogens (tertiary/aromatic N) is 1. The van der Waals surface area contributed by atoms with Gasteiger partial charge in [0.2, 0.25) is 0 Å². The Labute approximate surface area is 87.4 Å². The smallest absolute Gasteiger partial charge is 0.0489 e. The van der Waals surface area contributed by atoms with Crippen LogP contribution < -0.4 is 5.32 Å². The quantitative estimate of drug-likeness (QED) is 0.823. The van der Waals surface area contributed by atoms with Crippen LogP contribution in [0.1, 0.15) is 12.5 Å². The fourth-order valence-electron chi connectivity index (χ4n) is 1.04. The van der Waals surface area contributed by atoms with Crippen LogP contribution in [0.15, 0.2) is 18.5 Å². The highest BCUT2D eigenvalue weighted by Crippen LogP contribution is 2.11. The van der Waals surface area contributed by atoms with Gasteiger partial charge in [-0.25, -0.2) is 0 Å². The lowest BCUT2D eigenvalue weighted by Crippen LogP contribution is -2.20. The summed E-state index contributed by atoms with van der Waals surface area (Å²) in [5, 5.41) is 3.43. The van der Waals surface area contributed by atoms with E-state index in [2.05, 4.69) is 10.3 Å². The van der Waals surface area contributed by atoms with Crippen molar-refractivity contribution in [2.75, 3.05) is 18.1 Å². The molecule has 0 amide bonds. The zero-order chi connectivity index (χ0) is 10.6. The third-order valence-electron chi connectivity index (χ3n) is 2.17. The second kappa shape index (κ2) is 5.10. The maximum absolute atomic E-state index is 11.1. The summed E-state index contributed by atoms with van der Waals surface area (Å²) in [6, 6.07) is 1.93. The second-order valence-corrected chi connectivity index (χ2v) is 5.18. The molecular formula is C10H16N2OS. The van der Waals surface area contributed by atoms with Crippen LogP contribution in [0.5, 0.6) is 0 Å². The van der Waals surface area contributed by atoms with E-state index in [9.17, 15) is 4.21 Å². The van der Waals surface area contributed by atoms with E-state index in [4.69, 9.17) is 0 Å². The molecule has 0 aliphatic carbocycles. The van der Waals surface area contributed by atoms with Gasteiger partial charge in [-0.1, -0.05) is 0 Å². The SMILES string of the molecule is Cc1cnccc1NCC(C)S(C)=O. The van der Waals surface area contributed by atoms with Gasteiger partial charge in [0.1, 0.15) is 0 Å². The highest BCUT2D eigenvalue weighted by molar-refractivity contribution is 7.84. The zero-order valence-electron chi connectivity index (χ0n) is 8.78. The lowest BCUT2D eigenvalue weighted by Gasteiger charge is -2.12. The summed E-state index contributed by atoms with van der Waals surface area (Å²) >= 11 is 0. The summed E-state index contributed by atoms with van der Waals surface area (Å²) < 4.78 is 11.1. The van der Waals surface area contributed by atoms with Gasteiger partial charge in [0.05, 0.1) is 0 Å². The largest absolute Gasteiger partial charge is 0.384 e. The van der Waals surface area contributed by atoms with E-state index in [1.165, 1.54) is 0 Å². The number of anilines is 1. The van der Waals surface area contributed by atoms with E-state index in [1.54, 1.807) is 12.5 Å². The van der Waals surface area contributed by atoms with Gasteiger partial charge in [-0.3, -0.25) is 9.19 Å². The van der Waals surface area contributed by atoms with E-state index in [0.29, 0.717) is 0 Å². The van der Waals surface area contributed by atoms with Crippen LogP contribution in [0.3, 0.4) is 0 Å². The monoisotopic (exact) mass is 212 g/mol. The predicted octanol–water partition coefficient (Wildman–Crippen LogP) is 1.57. The van der Waals surface area contributed by atoms with Crippen molar-refractivity contribution < 1.29 is 4.21 Å². The molecule has 1 aromatic rings. The van der Waals surface area contributed by atoms with E-state index >= 15 is 0 Å². The molecule has 0 aliphatic heterocycles. The maximum atomic E-state index is 11.1. The molecule has 0 fully saturated rings. The van der Waals surface area contributed by atoms with Crippen molar-refractivity contribution in [3.63, 3.8) is 0 Å². The molecule has 4 heteroatoms. The van der Waals surface area contributed by atoms with E-state index in [-0.39, 0.29) is 5.25 Å². The maximum Gasteiger partial charge on any atom is 0.0489 e. The summed E-state index contributed by atoms with van der Waals surface area (Å²) in [7, 11) is -0.769. The summed E-state index contributed by atoms with van der Waals surface area (Å²) in [5.41, 5.74) is 2.18. The third kappa shape index (κ3) is 3.10. The molecule has 0 saturated carbocycles. The Bertz CT molecular complexity index is 328. The van der Waals surface area contributed by atoms with Crippen molar-refractivity contribution >= 4 is 16.5 Å². The molecule has 0 spiro atoms. The first-order chi connectivity index (χ1) is 6.61. The number of aromatic nitrogens is 1. The van der Waals surface area contributed by atoms with Crippen LogP contribution in [0.2, 0.25) is 0 Å². The van der Waals surface area contributed by atoms with Crippen molar-refractivity contribution in [3.8, 4) is 0 Å². The first kappa shape index (κ1) is 11.2. The first-order valence-corrected chi connectivity index (χ1v) is 6.20. The Morgan fingerprint density at radius 1 is 1.64 bits per heavy atom. The topological polar surface area (TPSA) is 42.0 Å². The minimum Gasteiger partial charge on any atom is -0.384 e. The highest BCUT2D eigenvalue weighted by atomic mass is 32.2. The number of pyridine rings is 1. The van der Waals surface area contributed by atoms with Gasteiger partial charge < -0.3 is 5.32 Å². The molecule has 0 aromatic carbocycles. The van der Waals surface area contributed by atoms with Crippen LogP contribution in [0.25, 0.3) is 0 Å². The van der Waals surface area contributed by atoms with Crippen LogP contribution in [0.4, 0.5) is 5.69 Å². The van der Waals surface area contributed by atoms with Crippen LogP contribution in [-0.4, -0.2) is 27.2 Å². The molecule has 0 radical (unpaired) electrons. The molecule has 1 rings (SSSR count). The first-order valence-electron chi connectivity index (χ1n) is 4.58.